The summed E-state index contributed by atoms with van der Waals surface area (Å²) in [5, 5.41) is 13.6. The number of rotatable bonds is 8. The minimum absolute atomic E-state index is 0.139. The number of alkyl halides is 3. The molecule has 6 nitrogen and oxygen atoms in total. The van der Waals surface area contributed by atoms with Gasteiger partial charge in [0.15, 0.2) is 4.34 Å². The minimum atomic E-state index is -4.73. The lowest BCUT2D eigenvalue weighted by molar-refractivity contribution is -0.274. The molecule has 1 heterocycles. The molecule has 2 rings (SSSR count). The van der Waals surface area contributed by atoms with Crippen molar-refractivity contribution in [3.63, 3.8) is 0 Å². The van der Waals surface area contributed by atoms with Gasteiger partial charge < -0.3 is 15.4 Å². The normalized spacial score (nSPS) is 12.3. The second-order valence-electron chi connectivity index (χ2n) is 4.86. The molecule has 0 spiro atoms. The van der Waals surface area contributed by atoms with Crippen molar-refractivity contribution in [1.82, 2.24) is 15.5 Å². The Morgan fingerprint density at radius 2 is 2.08 bits per heavy atom. The Bertz CT molecular complexity index is 750. The van der Waals surface area contributed by atoms with E-state index in [4.69, 9.17) is 0 Å². The van der Waals surface area contributed by atoms with Crippen molar-refractivity contribution in [2.75, 3.05) is 11.9 Å². The number of carbonyl (C=O) groups is 1. The van der Waals surface area contributed by atoms with Gasteiger partial charge in [0.05, 0.1) is 5.25 Å². The van der Waals surface area contributed by atoms with Gasteiger partial charge in [-0.3, -0.25) is 4.79 Å². The molecule has 1 amide bonds. The van der Waals surface area contributed by atoms with Crippen molar-refractivity contribution >= 4 is 39.8 Å². The summed E-state index contributed by atoms with van der Waals surface area (Å²) >= 11 is 2.49. The molecule has 2 N–H and O–H groups in total. The lowest BCUT2D eigenvalue weighted by Crippen LogP contribution is -2.30. The Hall–Kier alpha value is -2.27. The van der Waals surface area contributed by atoms with Crippen LogP contribution in [0.1, 0.15) is 6.92 Å². The predicted molar refractivity (Wildman–Crippen MR) is 94.8 cm³/mol. The van der Waals surface area contributed by atoms with E-state index in [1.54, 1.807) is 13.0 Å². The molecule has 26 heavy (non-hydrogen) atoms. The number of nitrogens with one attached hydrogen (secondary N) is 2. The molecule has 1 atom stereocenters. The van der Waals surface area contributed by atoms with Crippen LogP contribution in [0.4, 0.5) is 24.0 Å². The van der Waals surface area contributed by atoms with Gasteiger partial charge >= 0.3 is 6.36 Å². The van der Waals surface area contributed by atoms with Gasteiger partial charge in [-0.2, -0.15) is 0 Å². The van der Waals surface area contributed by atoms with Crippen LogP contribution in [0.2, 0.25) is 0 Å². The number of benzene rings is 1. The van der Waals surface area contributed by atoms with E-state index in [1.165, 1.54) is 47.4 Å². The van der Waals surface area contributed by atoms with Crippen molar-refractivity contribution in [2.45, 2.75) is 22.9 Å². The second kappa shape index (κ2) is 8.90. The number of thioether (sulfide) groups is 1. The number of carbonyl (C=O) groups excluding carboxylic acids is 1. The van der Waals surface area contributed by atoms with Crippen molar-refractivity contribution in [2.24, 2.45) is 0 Å². The van der Waals surface area contributed by atoms with E-state index >= 15 is 0 Å². The number of nitrogens with zero attached hydrogens (tertiary/aromatic N) is 2. The molecule has 140 valence electrons. The van der Waals surface area contributed by atoms with Crippen LogP contribution in [0, 0.1) is 0 Å². The van der Waals surface area contributed by atoms with Crippen LogP contribution < -0.4 is 15.4 Å². The van der Waals surface area contributed by atoms with Gasteiger partial charge in [0, 0.05) is 12.2 Å². The van der Waals surface area contributed by atoms with Crippen LogP contribution in [0.5, 0.6) is 5.75 Å². The predicted octanol–water partition coefficient (Wildman–Crippen LogP) is 3.96. The van der Waals surface area contributed by atoms with Gasteiger partial charge in [-0.1, -0.05) is 29.2 Å². The van der Waals surface area contributed by atoms with E-state index in [0.29, 0.717) is 21.7 Å². The number of ether oxygens (including phenoxy) is 1. The molecule has 0 fully saturated rings. The smallest absolute Gasteiger partial charge is 0.406 e. The van der Waals surface area contributed by atoms with Crippen LogP contribution in [-0.4, -0.2) is 34.3 Å². The Kier molecular flexibility index (Phi) is 6.86. The van der Waals surface area contributed by atoms with Gasteiger partial charge in [0.1, 0.15) is 5.75 Å². The number of hydrogen-bond donors (Lipinski definition) is 2. The molecule has 0 unspecified atom stereocenters. The molecule has 0 aliphatic rings. The van der Waals surface area contributed by atoms with Crippen LogP contribution in [0.3, 0.4) is 0 Å². The minimum Gasteiger partial charge on any atom is -0.406 e. The van der Waals surface area contributed by atoms with E-state index in [1.807, 2.05) is 0 Å². The molecule has 0 radical (unpaired) electrons. The summed E-state index contributed by atoms with van der Waals surface area (Å²) in [7, 11) is 0. The van der Waals surface area contributed by atoms with Crippen LogP contribution in [-0.2, 0) is 4.79 Å². The summed E-state index contributed by atoms with van der Waals surface area (Å²) in [4.78, 5) is 11.8. The Balaban J connectivity index is 1.91. The van der Waals surface area contributed by atoms with E-state index < -0.39 is 6.36 Å². The first-order chi connectivity index (χ1) is 12.3. The fourth-order valence-electron chi connectivity index (χ4n) is 1.69. The molecule has 0 aliphatic heterocycles. The van der Waals surface area contributed by atoms with E-state index in [0.717, 1.165) is 0 Å². The standard InChI is InChI=1S/C15H15F3N4O2S2/c1-3-8-19-12(23)9(2)25-14-22-21-13(26-14)20-10-4-6-11(7-5-10)24-15(16,17)18/h3-7,9H,1,8H2,2H3,(H,19,23)(H,20,21)/t9-/m0/s1. The van der Waals surface area contributed by atoms with E-state index in [-0.39, 0.29) is 16.9 Å². The van der Waals surface area contributed by atoms with Crippen molar-refractivity contribution in [1.29, 1.82) is 0 Å². The first kappa shape index (κ1) is 20.0. The van der Waals surface area contributed by atoms with Crippen LogP contribution in [0.25, 0.3) is 0 Å². The zero-order valence-corrected chi connectivity index (χ0v) is 15.2. The molecule has 2 aromatic rings. The van der Waals surface area contributed by atoms with Gasteiger partial charge in [-0.15, -0.1) is 29.9 Å². The summed E-state index contributed by atoms with van der Waals surface area (Å²) in [5.41, 5.74) is 0.531. The quantitative estimate of drug-likeness (QED) is 0.512. The van der Waals surface area contributed by atoms with Gasteiger partial charge in [-0.25, -0.2) is 0 Å². The number of hydrogen-bond acceptors (Lipinski definition) is 7. The molecule has 0 saturated carbocycles. The molecular weight excluding hydrogens is 389 g/mol. The molecule has 0 saturated heterocycles. The van der Waals surface area contributed by atoms with E-state index in [9.17, 15) is 18.0 Å². The van der Waals surface area contributed by atoms with Crippen LogP contribution >= 0.6 is 23.1 Å². The van der Waals surface area contributed by atoms with Crippen molar-refractivity contribution in [3.05, 3.63) is 36.9 Å². The summed E-state index contributed by atoms with van der Waals surface area (Å²) in [6.45, 7) is 5.66. The van der Waals surface area contributed by atoms with Crippen molar-refractivity contribution < 1.29 is 22.7 Å². The third-order valence-corrected chi connectivity index (χ3v) is 4.84. The highest BCUT2D eigenvalue weighted by Gasteiger charge is 2.30. The van der Waals surface area contributed by atoms with Crippen molar-refractivity contribution in [3.8, 4) is 5.75 Å². The maximum atomic E-state index is 12.1. The first-order valence-corrected chi connectivity index (χ1v) is 8.98. The van der Waals surface area contributed by atoms with Gasteiger partial charge in [0.2, 0.25) is 11.0 Å². The van der Waals surface area contributed by atoms with Gasteiger partial charge in [0.25, 0.3) is 0 Å². The third kappa shape index (κ3) is 6.56. The molecule has 11 heteroatoms. The number of aromatic nitrogens is 2. The molecule has 0 aliphatic carbocycles. The first-order valence-electron chi connectivity index (χ1n) is 7.28. The molecule has 0 bridgehead atoms. The number of amides is 1. The maximum absolute atomic E-state index is 12.1. The average molecular weight is 404 g/mol. The highest BCUT2D eigenvalue weighted by Crippen LogP contribution is 2.31. The Morgan fingerprint density at radius 3 is 2.69 bits per heavy atom. The lowest BCUT2D eigenvalue weighted by Gasteiger charge is -2.09. The monoisotopic (exact) mass is 404 g/mol. The summed E-state index contributed by atoms with van der Waals surface area (Å²) < 4.78 is 40.8. The zero-order valence-electron chi connectivity index (χ0n) is 13.5. The molecular formula is C15H15F3N4O2S2. The molecule has 1 aromatic carbocycles. The molecule has 1 aromatic heterocycles. The highest BCUT2D eigenvalue weighted by atomic mass is 32.2. The summed E-state index contributed by atoms with van der Waals surface area (Å²) in [6.07, 6.45) is -3.14. The lowest BCUT2D eigenvalue weighted by atomic mass is 10.3. The van der Waals surface area contributed by atoms with Gasteiger partial charge in [-0.05, 0) is 31.2 Å². The Morgan fingerprint density at radius 1 is 1.38 bits per heavy atom. The van der Waals surface area contributed by atoms with Crippen LogP contribution in [0.15, 0.2) is 41.3 Å². The topological polar surface area (TPSA) is 76.1 Å². The second-order valence-corrected chi connectivity index (χ2v) is 7.43. The largest absolute Gasteiger partial charge is 0.573 e. The number of halogens is 3. The number of anilines is 2. The summed E-state index contributed by atoms with van der Waals surface area (Å²) in [5.74, 6) is -0.448. The fourth-order valence-corrected chi connectivity index (χ4v) is 3.63. The SMILES string of the molecule is C=CCNC(=O)[C@H](C)Sc1nnc(Nc2ccc(OC(F)(F)F)cc2)s1. The average Bonchev–Trinajstić information content (AvgIpc) is 3.00. The fraction of sp³-hybridized carbons (Fsp3) is 0.267. The zero-order chi connectivity index (χ0) is 19.2. The Labute approximate surface area is 155 Å². The summed E-state index contributed by atoms with van der Waals surface area (Å²) in [6, 6.07) is 5.25. The highest BCUT2D eigenvalue weighted by molar-refractivity contribution is 8.02. The van der Waals surface area contributed by atoms with E-state index in [2.05, 4.69) is 32.1 Å². The third-order valence-electron chi connectivity index (χ3n) is 2.81. The maximum Gasteiger partial charge on any atom is 0.573 e.